The molecule has 0 atom stereocenters. The highest BCUT2D eigenvalue weighted by Crippen LogP contribution is 2.01. The lowest BCUT2D eigenvalue weighted by atomic mass is 10.2. The van der Waals surface area contributed by atoms with Crippen molar-refractivity contribution in [1.82, 2.24) is 4.72 Å². The predicted octanol–water partition coefficient (Wildman–Crippen LogP) is 1.46. The van der Waals surface area contributed by atoms with Crippen LogP contribution in [0.15, 0.2) is 35.4 Å². The minimum Gasteiger partial charge on any atom is -0.215 e. The van der Waals surface area contributed by atoms with Gasteiger partial charge >= 0.3 is 0 Å². The Morgan fingerprint density at radius 3 is 2.65 bits per heavy atom. The molecule has 0 fully saturated rings. The highest BCUT2D eigenvalue weighted by Gasteiger charge is 2.08. The van der Waals surface area contributed by atoms with Crippen molar-refractivity contribution < 1.29 is 8.42 Å². The summed E-state index contributed by atoms with van der Waals surface area (Å²) in [7, 11) is -3.29. The second-order valence-electron chi connectivity index (χ2n) is 3.40. The van der Waals surface area contributed by atoms with Gasteiger partial charge < -0.3 is 0 Å². The van der Waals surface area contributed by atoms with E-state index in [1.165, 1.54) is 0 Å². The molecule has 0 aliphatic carbocycles. The van der Waals surface area contributed by atoms with Crippen LogP contribution >= 0.6 is 0 Å². The Labute approximate surface area is 100 Å². The zero-order valence-electron chi connectivity index (χ0n) is 9.28. The maximum Gasteiger partial charge on any atom is 0.211 e. The van der Waals surface area contributed by atoms with Crippen molar-refractivity contribution in [1.29, 1.82) is 0 Å². The number of hydrogen-bond donors (Lipinski definition) is 1. The standard InChI is InChI=1S/C10H14N4O2S/c11-14-12-7-8-13-17(15,16)9-6-10-4-2-1-3-5-10/h1-5,13H,6-9H2. The molecule has 0 saturated carbocycles. The molecule has 0 radical (unpaired) electrons. The molecule has 0 aliphatic rings. The summed E-state index contributed by atoms with van der Waals surface area (Å²) in [4.78, 5) is 2.54. The fraction of sp³-hybridized carbons (Fsp3) is 0.400. The van der Waals surface area contributed by atoms with Crippen LogP contribution in [0, 0.1) is 0 Å². The van der Waals surface area contributed by atoms with Crippen LogP contribution in [0.3, 0.4) is 0 Å². The Morgan fingerprint density at radius 1 is 1.29 bits per heavy atom. The van der Waals surface area contributed by atoms with Gasteiger partial charge in [-0.15, -0.1) is 0 Å². The minimum atomic E-state index is -3.29. The lowest BCUT2D eigenvalue weighted by Crippen LogP contribution is -2.29. The molecule has 0 aliphatic heterocycles. The zero-order valence-corrected chi connectivity index (χ0v) is 10.1. The topological polar surface area (TPSA) is 94.9 Å². The van der Waals surface area contributed by atoms with E-state index >= 15 is 0 Å². The monoisotopic (exact) mass is 254 g/mol. The third kappa shape index (κ3) is 5.91. The highest BCUT2D eigenvalue weighted by atomic mass is 32.2. The average molecular weight is 254 g/mol. The summed E-state index contributed by atoms with van der Waals surface area (Å²) >= 11 is 0. The molecule has 17 heavy (non-hydrogen) atoms. The lowest BCUT2D eigenvalue weighted by molar-refractivity contribution is 0.581. The molecule has 6 nitrogen and oxygen atoms in total. The summed E-state index contributed by atoms with van der Waals surface area (Å²) in [6, 6.07) is 9.40. The van der Waals surface area contributed by atoms with E-state index in [4.69, 9.17) is 5.53 Å². The van der Waals surface area contributed by atoms with Crippen LogP contribution in [0.5, 0.6) is 0 Å². The van der Waals surface area contributed by atoms with Gasteiger partial charge in [0.2, 0.25) is 10.0 Å². The SMILES string of the molecule is [N-]=[N+]=NCCNS(=O)(=O)CCc1ccccc1. The van der Waals surface area contributed by atoms with E-state index in [0.29, 0.717) is 6.42 Å². The Bertz CT molecular complexity index is 480. The summed E-state index contributed by atoms with van der Waals surface area (Å²) in [6.07, 6.45) is 0.470. The van der Waals surface area contributed by atoms with E-state index in [-0.39, 0.29) is 18.8 Å². The fourth-order valence-corrected chi connectivity index (χ4v) is 2.32. The van der Waals surface area contributed by atoms with Gasteiger partial charge in [0.25, 0.3) is 0 Å². The van der Waals surface area contributed by atoms with Gasteiger partial charge in [-0.3, -0.25) is 0 Å². The van der Waals surface area contributed by atoms with Crippen LogP contribution in [0.1, 0.15) is 5.56 Å². The van der Waals surface area contributed by atoms with Crippen molar-refractivity contribution in [2.45, 2.75) is 6.42 Å². The number of rotatable bonds is 7. The lowest BCUT2D eigenvalue weighted by Gasteiger charge is -2.05. The zero-order chi connectivity index (χ0) is 12.6. The van der Waals surface area contributed by atoms with Gasteiger partial charge in [-0.05, 0) is 17.5 Å². The van der Waals surface area contributed by atoms with E-state index in [0.717, 1.165) is 5.56 Å². The summed E-state index contributed by atoms with van der Waals surface area (Å²) in [5.74, 6) is 0.0350. The molecule has 1 N–H and O–H groups in total. The molecule has 1 rings (SSSR count). The van der Waals surface area contributed by atoms with E-state index in [1.807, 2.05) is 30.3 Å². The predicted molar refractivity (Wildman–Crippen MR) is 65.9 cm³/mol. The number of hydrogen-bond acceptors (Lipinski definition) is 3. The number of azide groups is 1. The summed E-state index contributed by atoms with van der Waals surface area (Å²) in [5.41, 5.74) is 9.01. The molecule has 0 amide bonds. The Balaban J connectivity index is 2.37. The van der Waals surface area contributed by atoms with E-state index in [9.17, 15) is 8.42 Å². The quantitative estimate of drug-likeness (QED) is 0.345. The van der Waals surface area contributed by atoms with Gasteiger partial charge in [-0.2, -0.15) is 0 Å². The van der Waals surface area contributed by atoms with Gasteiger partial charge in [0.05, 0.1) is 5.75 Å². The molecule has 1 aromatic carbocycles. The largest absolute Gasteiger partial charge is 0.215 e. The van der Waals surface area contributed by atoms with Gasteiger partial charge in [0, 0.05) is 18.0 Å². The van der Waals surface area contributed by atoms with Crippen molar-refractivity contribution in [2.75, 3.05) is 18.8 Å². The first-order chi connectivity index (χ1) is 8.14. The normalized spacial score (nSPS) is 10.8. The first-order valence-electron chi connectivity index (χ1n) is 5.16. The number of aryl methyl sites for hydroxylation is 1. The first-order valence-corrected chi connectivity index (χ1v) is 6.81. The number of nitrogens with zero attached hydrogens (tertiary/aromatic N) is 3. The van der Waals surface area contributed by atoms with Gasteiger partial charge in [0.15, 0.2) is 0 Å². The summed E-state index contributed by atoms with van der Waals surface area (Å²) in [6.45, 7) is 0.266. The molecule has 1 aromatic rings. The summed E-state index contributed by atoms with van der Waals surface area (Å²) in [5, 5.41) is 3.25. The number of nitrogens with one attached hydrogen (secondary N) is 1. The van der Waals surface area contributed by atoms with Gasteiger partial charge in [-0.1, -0.05) is 35.4 Å². The van der Waals surface area contributed by atoms with Crippen LogP contribution in [0.25, 0.3) is 10.4 Å². The second kappa shape index (κ2) is 6.90. The molecule has 0 saturated heterocycles. The van der Waals surface area contributed by atoms with E-state index in [1.54, 1.807) is 0 Å². The van der Waals surface area contributed by atoms with Crippen molar-refractivity contribution in [2.24, 2.45) is 5.11 Å². The van der Waals surface area contributed by atoms with Crippen LogP contribution in [0.2, 0.25) is 0 Å². The van der Waals surface area contributed by atoms with E-state index < -0.39 is 10.0 Å². The number of sulfonamides is 1. The van der Waals surface area contributed by atoms with Crippen molar-refractivity contribution in [3.8, 4) is 0 Å². The molecule has 0 heterocycles. The maximum atomic E-state index is 11.5. The molecule has 0 unspecified atom stereocenters. The first kappa shape index (κ1) is 13.5. The molecule has 7 heteroatoms. The molecule has 0 aromatic heterocycles. The van der Waals surface area contributed by atoms with Crippen LogP contribution in [-0.4, -0.2) is 27.3 Å². The number of benzene rings is 1. The molecule has 0 spiro atoms. The smallest absolute Gasteiger partial charge is 0.211 e. The molecular formula is C10H14N4O2S. The van der Waals surface area contributed by atoms with Crippen LogP contribution in [0.4, 0.5) is 0 Å². The Kier molecular flexibility index (Phi) is 5.48. The van der Waals surface area contributed by atoms with Crippen molar-refractivity contribution in [3.05, 3.63) is 46.3 Å². The Morgan fingerprint density at radius 2 is 2.00 bits per heavy atom. The van der Waals surface area contributed by atoms with Crippen LogP contribution in [-0.2, 0) is 16.4 Å². The highest BCUT2D eigenvalue weighted by molar-refractivity contribution is 7.89. The van der Waals surface area contributed by atoms with Crippen LogP contribution < -0.4 is 4.72 Å². The Hall–Kier alpha value is -1.56. The maximum absolute atomic E-state index is 11.5. The van der Waals surface area contributed by atoms with Gasteiger partial charge in [0.1, 0.15) is 0 Å². The van der Waals surface area contributed by atoms with Gasteiger partial charge in [-0.25, -0.2) is 13.1 Å². The van der Waals surface area contributed by atoms with Crippen molar-refractivity contribution >= 4 is 10.0 Å². The van der Waals surface area contributed by atoms with E-state index in [2.05, 4.69) is 14.7 Å². The summed E-state index contributed by atoms with van der Waals surface area (Å²) < 4.78 is 25.4. The van der Waals surface area contributed by atoms with Crippen molar-refractivity contribution in [3.63, 3.8) is 0 Å². The fourth-order valence-electron chi connectivity index (χ4n) is 1.26. The second-order valence-corrected chi connectivity index (χ2v) is 5.33. The molecular weight excluding hydrogens is 240 g/mol. The third-order valence-corrected chi connectivity index (χ3v) is 3.48. The third-order valence-electron chi connectivity index (χ3n) is 2.10. The average Bonchev–Trinajstić information content (AvgIpc) is 2.34. The molecule has 92 valence electrons. The minimum absolute atomic E-state index is 0.0350. The molecule has 0 bridgehead atoms.